The van der Waals surface area contributed by atoms with Gasteiger partial charge in [0.15, 0.2) is 11.6 Å². The molecule has 1 N–H and O–H groups in total. The lowest BCUT2D eigenvalue weighted by Crippen LogP contribution is -2.25. The number of pyridine rings is 1. The molecule has 0 bridgehead atoms. The Balaban J connectivity index is 2.66. The van der Waals surface area contributed by atoms with Crippen molar-refractivity contribution in [2.75, 3.05) is 17.7 Å². The number of rotatable bonds is 4. The number of halogens is 3. The first kappa shape index (κ1) is 12.7. The topological polar surface area (TPSA) is 24.9 Å². The quantitative estimate of drug-likeness (QED) is 0.858. The molecule has 84 valence electrons. The van der Waals surface area contributed by atoms with E-state index < -0.39 is 0 Å². The van der Waals surface area contributed by atoms with Crippen LogP contribution in [0.5, 0.6) is 0 Å². The van der Waals surface area contributed by atoms with E-state index in [1.165, 1.54) is 6.07 Å². The van der Waals surface area contributed by atoms with Crippen molar-refractivity contribution in [3.8, 4) is 0 Å². The number of hydrogen-bond acceptors (Lipinski definition) is 2. The zero-order chi connectivity index (χ0) is 11.5. The van der Waals surface area contributed by atoms with E-state index in [9.17, 15) is 4.39 Å². The van der Waals surface area contributed by atoms with Crippen molar-refractivity contribution in [3.05, 3.63) is 22.6 Å². The number of nitrogens with zero attached hydrogens (tertiary/aromatic N) is 1. The summed E-state index contributed by atoms with van der Waals surface area (Å²) in [6.07, 6.45) is 1.55. The Morgan fingerprint density at radius 3 is 2.80 bits per heavy atom. The monoisotopic (exact) mass is 294 g/mol. The van der Waals surface area contributed by atoms with Crippen LogP contribution in [0.25, 0.3) is 0 Å². The fourth-order valence-electron chi connectivity index (χ4n) is 0.915. The maximum absolute atomic E-state index is 13.3. The van der Waals surface area contributed by atoms with Crippen LogP contribution in [0.1, 0.15) is 13.8 Å². The van der Waals surface area contributed by atoms with Gasteiger partial charge >= 0.3 is 0 Å². The molecule has 0 atom stereocenters. The summed E-state index contributed by atoms with van der Waals surface area (Å²) in [5, 5.41) is 2.94. The molecule has 1 rings (SSSR count). The van der Waals surface area contributed by atoms with Gasteiger partial charge in [-0.15, -0.1) is 11.6 Å². The lowest BCUT2D eigenvalue weighted by molar-refractivity contribution is 0.448. The van der Waals surface area contributed by atoms with Crippen molar-refractivity contribution in [1.82, 2.24) is 4.98 Å². The van der Waals surface area contributed by atoms with E-state index in [-0.39, 0.29) is 17.1 Å². The zero-order valence-corrected chi connectivity index (χ0v) is 11.0. The van der Waals surface area contributed by atoms with Crippen LogP contribution >= 0.6 is 27.5 Å². The van der Waals surface area contributed by atoms with Crippen LogP contribution in [0.2, 0.25) is 0 Å². The van der Waals surface area contributed by atoms with Gasteiger partial charge in [-0.05, 0) is 27.4 Å². The fourth-order valence-corrected chi connectivity index (χ4v) is 1.31. The number of nitrogens with one attached hydrogen (secondary N) is 1. The van der Waals surface area contributed by atoms with E-state index in [1.54, 1.807) is 6.20 Å². The van der Waals surface area contributed by atoms with Crippen molar-refractivity contribution in [3.63, 3.8) is 0 Å². The highest BCUT2D eigenvalue weighted by atomic mass is 79.9. The van der Waals surface area contributed by atoms with Gasteiger partial charge in [0, 0.05) is 23.1 Å². The highest BCUT2D eigenvalue weighted by Gasteiger charge is 2.17. The molecule has 2 nitrogen and oxygen atoms in total. The van der Waals surface area contributed by atoms with E-state index in [2.05, 4.69) is 26.2 Å². The summed E-state index contributed by atoms with van der Waals surface area (Å²) in [7, 11) is 0. The molecule has 0 saturated heterocycles. The second kappa shape index (κ2) is 5.12. The van der Waals surface area contributed by atoms with E-state index in [1.807, 2.05) is 13.8 Å². The lowest BCUT2D eigenvalue weighted by atomic mass is 9.97. The van der Waals surface area contributed by atoms with Gasteiger partial charge < -0.3 is 5.32 Å². The van der Waals surface area contributed by atoms with Crippen molar-refractivity contribution in [2.24, 2.45) is 5.41 Å². The summed E-state index contributed by atoms with van der Waals surface area (Å²) >= 11 is 8.91. The first-order chi connectivity index (χ1) is 6.94. The Labute approximate surface area is 102 Å². The van der Waals surface area contributed by atoms with Gasteiger partial charge in [0.05, 0.1) is 0 Å². The van der Waals surface area contributed by atoms with Crippen LogP contribution < -0.4 is 5.32 Å². The van der Waals surface area contributed by atoms with Crippen LogP contribution in [0.3, 0.4) is 0 Å². The summed E-state index contributed by atoms with van der Waals surface area (Å²) in [6.45, 7) is 4.59. The molecule has 0 radical (unpaired) electrons. The molecule has 0 aromatic carbocycles. The normalized spacial score (nSPS) is 11.5. The fraction of sp³-hybridized carbons (Fsp3) is 0.500. The molecular formula is C10H13BrClFN2. The molecule has 1 heterocycles. The molecular weight excluding hydrogens is 282 g/mol. The van der Waals surface area contributed by atoms with Crippen LogP contribution in [-0.4, -0.2) is 17.4 Å². The van der Waals surface area contributed by atoms with Crippen LogP contribution in [0, 0.1) is 11.2 Å². The average molecular weight is 296 g/mol. The predicted octanol–water partition coefficient (Wildman–Crippen LogP) is 3.66. The van der Waals surface area contributed by atoms with Crippen molar-refractivity contribution < 1.29 is 4.39 Å². The highest BCUT2D eigenvalue weighted by Crippen LogP contribution is 2.20. The Kier molecular flexibility index (Phi) is 4.34. The lowest BCUT2D eigenvalue weighted by Gasteiger charge is -2.22. The van der Waals surface area contributed by atoms with Gasteiger partial charge in [0.25, 0.3) is 0 Å². The number of alkyl halides is 1. The molecule has 15 heavy (non-hydrogen) atoms. The van der Waals surface area contributed by atoms with E-state index in [4.69, 9.17) is 11.6 Å². The number of aromatic nitrogens is 1. The van der Waals surface area contributed by atoms with Crippen LogP contribution in [0.4, 0.5) is 10.2 Å². The summed E-state index contributed by atoms with van der Waals surface area (Å²) in [4.78, 5) is 3.94. The van der Waals surface area contributed by atoms with E-state index in [0.29, 0.717) is 16.9 Å². The Hall–Kier alpha value is -0.350. The smallest absolute Gasteiger partial charge is 0.166 e. The van der Waals surface area contributed by atoms with Gasteiger partial charge in [-0.1, -0.05) is 13.8 Å². The van der Waals surface area contributed by atoms with Crippen molar-refractivity contribution >= 4 is 33.3 Å². The first-order valence-electron chi connectivity index (χ1n) is 4.55. The third kappa shape index (κ3) is 3.95. The van der Waals surface area contributed by atoms with Gasteiger partial charge in [0.1, 0.15) is 0 Å². The molecule has 1 aromatic heterocycles. The van der Waals surface area contributed by atoms with E-state index >= 15 is 0 Å². The molecule has 0 aliphatic rings. The van der Waals surface area contributed by atoms with Gasteiger partial charge in [-0.3, -0.25) is 0 Å². The first-order valence-corrected chi connectivity index (χ1v) is 5.88. The largest absolute Gasteiger partial charge is 0.367 e. The molecule has 0 fully saturated rings. The van der Waals surface area contributed by atoms with Crippen molar-refractivity contribution in [1.29, 1.82) is 0 Å². The van der Waals surface area contributed by atoms with Gasteiger partial charge in [-0.25, -0.2) is 9.37 Å². The Bertz CT molecular complexity index is 344. The SMILES string of the molecule is CC(C)(CCl)CNc1ncc(Br)cc1F. The molecule has 0 amide bonds. The third-order valence-corrected chi connectivity index (χ3v) is 3.06. The molecule has 0 aliphatic carbocycles. The van der Waals surface area contributed by atoms with Gasteiger partial charge in [-0.2, -0.15) is 0 Å². The molecule has 5 heteroatoms. The third-order valence-electron chi connectivity index (χ3n) is 1.90. The van der Waals surface area contributed by atoms with E-state index in [0.717, 1.165) is 0 Å². The maximum Gasteiger partial charge on any atom is 0.166 e. The number of anilines is 1. The second-order valence-corrected chi connectivity index (χ2v) is 5.32. The second-order valence-electron chi connectivity index (χ2n) is 4.14. The van der Waals surface area contributed by atoms with Gasteiger partial charge in [0.2, 0.25) is 0 Å². The molecule has 0 unspecified atom stereocenters. The minimum absolute atomic E-state index is 0.0806. The molecule has 0 saturated carbocycles. The van der Waals surface area contributed by atoms with Crippen LogP contribution in [-0.2, 0) is 0 Å². The predicted molar refractivity (Wildman–Crippen MR) is 64.9 cm³/mol. The maximum atomic E-state index is 13.3. The molecule has 1 aromatic rings. The highest BCUT2D eigenvalue weighted by molar-refractivity contribution is 9.10. The summed E-state index contributed by atoms with van der Waals surface area (Å²) < 4.78 is 14.0. The summed E-state index contributed by atoms with van der Waals surface area (Å²) in [6, 6.07) is 1.38. The summed E-state index contributed by atoms with van der Waals surface area (Å²) in [5.74, 6) is 0.407. The average Bonchev–Trinajstić information content (AvgIpc) is 2.16. The minimum Gasteiger partial charge on any atom is -0.367 e. The van der Waals surface area contributed by atoms with Crippen LogP contribution in [0.15, 0.2) is 16.7 Å². The minimum atomic E-state index is -0.366. The zero-order valence-electron chi connectivity index (χ0n) is 8.65. The molecule has 0 spiro atoms. The number of hydrogen-bond donors (Lipinski definition) is 1. The Morgan fingerprint density at radius 1 is 1.60 bits per heavy atom. The van der Waals surface area contributed by atoms with Crippen molar-refractivity contribution in [2.45, 2.75) is 13.8 Å². The Morgan fingerprint density at radius 2 is 2.27 bits per heavy atom. The summed E-state index contributed by atoms with van der Waals surface area (Å²) in [5.41, 5.74) is -0.0806. The standard InChI is InChI=1S/C10H13BrClFN2/c1-10(2,5-12)6-15-9-8(13)3-7(11)4-14-9/h3-4H,5-6H2,1-2H3,(H,14,15). The molecule has 0 aliphatic heterocycles.